The van der Waals surface area contributed by atoms with Crippen LogP contribution >= 0.6 is 0 Å². The second kappa shape index (κ2) is 9.92. The third-order valence-corrected chi connectivity index (χ3v) is 5.80. The Hall–Kier alpha value is -1.40. The molecule has 0 radical (unpaired) electrons. The van der Waals surface area contributed by atoms with Crippen molar-refractivity contribution in [3.63, 3.8) is 0 Å². The minimum atomic E-state index is -3.54. The second-order valence-electron chi connectivity index (χ2n) is 7.15. The number of rotatable bonds is 10. The van der Waals surface area contributed by atoms with Gasteiger partial charge in [-0.1, -0.05) is 33.6 Å². The summed E-state index contributed by atoms with van der Waals surface area (Å²) in [5, 5.41) is 2.97. The average Bonchev–Trinajstić information content (AvgIpc) is 2.54. The molecule has 1 aromatic rings. The number of carbonyl (C=O) groups is 1. The SMILES string of the molecule is CCC(C)NS(=O)(=O)c1ccc(C(=O)NC(C)CCCC(C)C)cc1. The first-order valence-corrected chi connectivity index (χ1v) is 10.6. The van der Waals surface area contributed by atoms with E-state index in [1.54, 1.807) is 12.1 Å². The van der Waals surface area contributed by atoms with Gasteiger partial charge in [0.1, 0.15) is 0 Å². The van der Waals surface area contributed by atoms with Crippen molar-refractivity contribution in [3.05, 3.63) is 29.8 Å². The zero-order valence-corrected chi connectivity index (χ0v) is 16.8. The average molecular weight is 369 g/mol. The van der Waals surface area contributed by atoms with Crippen molar-refractivity contribution in [1.82, 2.24) is 10.0 Å². The Balaban J connectivity index is 2.65. The largest absolute Gasteiger partial charge is 0.350 e. The number of sulfonamides is 1. The van der Waals surface area contributed by atoms with E-state index >= 15 is 0 Å². The van der Waals surface area contributed by atoms with Gasteiger partial charge in [-0.15, -0.1) is 0 Å². The maximum absolute atomic E-state index is 12.3. The van der Waals surface area contributed by atoms with Crippen LogP contribution in [0.2, 0.25) is 0 Å². The summed E-state index contributed by atoms with van der Waals surface area (Å²) >= 11 is 0. The van der Waals surface area contributed by atoms with E-state index in [1.165, 1.54) is 12.1 Å². The van der Waals surface area contributed by atoms with E-state index < -0.39 is 10.0 Å². The minimum Gasteiger partial charge on any atom is -0.350 e. The van der Waals surface area contributed by atoms with Gasteiger partial charge in [-0.2, -0.15) is 0 Å². The van der Waals surface area contributed by atoms with Crippen LogP contribution in [0.3, 0.4) is 0 Å². The summed E-state index contributed by atoms with van der Waals surface area (Å²) < 4.78 is 27.1. The Kier molecular flexibility index (Phi) is 8.59. The predicted molar refractivity (Wildman–Crippen MR) is 102 cm³/mol. The van der Waals surface area contributed by atoms with Crippen LogP contribution in [0.5, 0.6) is 0 Å². The van der Waals surface area contributed by atoms with Crippen LogP contribution in [0.25, 0.3) is 0 Å². The summed E-state index contributed by atoms with van der Waals surface area (Å²) in [5.41, 5.74) is 0.471. The van der Waals surface area contributed by atoms with Crippen molar-refractivity contribution >= 4 is 15.9 Å². The van der Waals surface area contributed by atoms with Gasteiger partial charge in [0.05, 0.1) is 4.90 Å². The van der Waals surface area contributed by atoms with Crippen LogP contribution in [0.1, 0.15) is 70.7 Å². The number of amides is 1. The highest BCUT2D eigenvalue weighted by atomic mass is 32.2. The molecule has 6 heteroatoms. The van der Waals surface area contributed by atoms with Crippen LogP contribution in [0.15, 0.2) is 29.2 Å². The first-order chi connectivity index (χ1) is 11.7. The molecule has 1 aromatic carbocycles. The highest BCUT2D eigenvalue weighted by Gasteiger charge is 2.17. The first kappa shape index (κ1) is 21.6. The lowest BCUT2D eigenvalue weighted by atomic mass is 10.0. The Morgan fingerprint density at radius 2 is 1.60 bits per heavy atom. The highest BCUT2D eigenvalue weighted by Crippen LogP contribution is 2.13. The molecule has 2 atom stereocenters. The molecule has 25 heavy (non-hydrogen) atoms. The van der Waals surface area contributed by atoms with Gasteiger partial charge in [0, 0.05) is 17.6 Å². The Labute approximate surface area is 152 Å². The fraction of sp³-hybridized carbons (Fsp3) is 0.632. The second-order valence-corrected chi connectivity index (χ2v) is 8.87. The van der Waals surface area contributed by atoms with E-state index in [-0.39, 0.29) is 22.9 Å². The molecule has 0 aliphatic carbocycles. The molecule has 0 fully saturated rings. The number of benzene rings is 1. The number of carbonyl (C=O) groups excluding carboxylic acids is 1. The molecule has 1 rings (SSSR count). The molecule has 0 bridgehead atoms. The highest BCUT2D eigenvalue weighted by molar-refractivity contribution is 7.89. The molecule has 0 saturated heterocycles. The Morgan fingerprint density at radius 1 is 1.00 bits per heavy atom. The molecule has 0 heterocycles. The molecule has 2 unspecified atom stereocenters. The molecule has 0 aliphatic heterocycles. The monoisotopic (exact) mass is 368 g/mol. The van der Waals surface area contributed by atoms with Gasteiger partial charge >= 0.3 is 0 Å². The van der Waals surface area contributed by atoms with Gasteiger partial charge in [-0.25, -0.2) is 13.1 Å². The minimum absolute atomic E-state index is 0.0988. The van der Waals surface area contributed by atoms with E-state index in [9.17, 15) is 13.2 Å². The van der Waals surface area contributed by atoms with Crippen molar-refractivity contribution < 1.29 is 13.2 Å². The topological polar surface area (TPSA) is 75.3 Å². The van der Waals surface area contributed by atoms with E-state index in [2.05, 4.69) is 23.9 Å². The fourth-order valence-corrected chi connectivity index (χ4v) is 3.74. The summed E-state index contributed by atoms with van der Waals surface area (Å²) in [7, 11) is -3.54. The molecule has 0 aliphatic rings. The summed E-state index contributed by atoms with van der Waals surface area (Å²) in [5.74, 6) is 0.498. The van der Waals surface area contributed by atoms with Crippen LogP contribution < -0.4 is 10.0 Å². The van der Waals surface area contributed by atoms with Gasteiger partial charge in [-0.05, 0) is 56.9 Å². The summed E-state index contributed by atoms with van der Waals surface area (Å²) in [4.78, 5) is 12.4. The van der Waals surface area contributed by atoms with Crippen LogP contribution in [0.4, 0.5) is 0 Å². The number of hydrogen-bond acceptors (Lipinski definition) is 3. The Morgan fingerprint density at radius 3 is 2.12 bits per heavy atom. The standard InChI is InChI=1S/C19H32N2O3S/c1-6-15(4)21-25(23,24)18-12-10-17(11-13-18)19(22)20-16(5)9-7-8-14(2)3/h10-16,21H,6-9H2,1-5H3,(H,20,22). The molecule has 2 N–H and O–H groups in total. The molecule has 1 amide bonds. The molecular weight excluding hydrogens is 336 g/mol. The maximum atomic E-state index is 12.3. The van der Waals surface area contributed by atoms with Gasteiger partial charge in [0.15, 0.2) is 0 Å². The van der Waals surface area contributed by atoms with Crippen LogP contribution in [-0.2, 0) is 10.0 Å². The van der Waals surface area contributed by atoms with Crippen LogP contribution in [-0.4, -0.2) is 26.4 Å². The summed E-state index contributed by atoms with van der Waals surface area (Å²) in [6.07, 6.45) is 3.89. The zero-order chi connectivity index (χ0) is 19.0. The third kappa shape index (κ3) is 7.57. The smallest absolute Gasteiger partial charge is 0.251 e. The number of nitrogens with one attached hydrogen (secondary N) is 2. The third-order valence-electron chi connectivity index (χ3n) is 4.19. The molecular formula is C19H32N2O3S. The summed E-state index contributed by atoms with van der Waals surface area (Å²) in [6.45, 7) is 10.1. The van der Waals surface area contributed by atoms with Crippen molar-refractivity contribution in [3.8, 4) is 0 Å². The molecule has 0 aromatic heterocycles. The lowest BCUT2D eigenvalue weighted by Gasteiger charge is -2.15. The van der Waals surface area contributed by atoms with E-state index in [0.29, 0.717) is 17.9 Å². The molecule has 142 valence electrons. The number of hydrogen-bond donors (Lipinski definition) is 2. The van der Waals surface area contributed by atoms with Crippen LogP contribution in [0, 0.1) is 5.92 Å². The van der Waals surface area contributed by atoms with E-state index in [0.717, 1.165) is 19.3 Å². The van der Waals surface area contributed by atoms with Gasteiger partial charge in [0.2, 0.25) is 10.0 Å². The fourth-order valence-electron chi connectivity index (χ4n) is 2.41. The maximum Gasteiger partial charge on any atom is 0.251 e. The van der Waals surface area contributed by atoms with E-state index in [4.69, 9.17) is 0 Å². The zero-order valence-electron chi connectivity index (χ0n) is 16.0. The summed E-state index contributed by atoms with van der Waals surface area (Å²) in [6, 6.07) is 6.04. The normalized spacial score (nSPS) is 14.3. The van der Waals surface area contributed by atoms with Crippen molar-refractivity contribution in [2.45, 2.75) is 77.3 Å². The first-order valence-electron chi connectivity index (χ1n) is 9.09. The van der Waals surface area contributed by atoms with Crippen molar-refractivity contribution in [1.29, 1.82) is 0 Å². The molecule has 0 spiro atoms. The van der Waals surface area contributed by atoms with E-state index in [1.807, 2.05) is 20.8 Å². The van der Waals surface area contributed by atoms with Gasteiger partial charge in [-0.3, -0.25) is 4.79 Å². The predicted octanol–water partition coefficient (Wildman–Crippen LogP) is 3.71. The molecule has 5 nitrogen and oxygen atoms in total. The van der Waals surface area contributed by atoms with Gasteiger partial charge in [0.25, 0.3) is 5.91 Å². The lowest BCUT2D eigenvalue weighted by Crippen LogP contribution is -2.33. The lowest BCUT2D eigenvalue weighted by molar-refractivity contribution is 0.0937. The van der Waals surface area contributed by atoms with Gasteiger partial charge < -0.3 is 5.32 Å². The Bertz CT molecular complexity index is 639. The van der Waals surface area contributed by atoms with Crippen molar-refractivity contribution in [2.75, 3.05) is 0 Å². The molecule has 0 saturated carbocycles. The quantitative estimate of drug-likeness (QED) is 0.661. The van der Waals surface area contributed by atoms with Crippen molar-refractivity contribution in [2.24, 2.45) is 5.92 Å².